The molecule has 12 heteroatoms. The van der Waals surface area contributed by atoms with Crippen molar-refractivity contribution in [1.82, 2.24) is 4.90 Å². The lowest BCUT2D eigenvalue weighted by Crippen LogP contribution is -2.44. The fourth-order valence-corrected chi connectivity index (χ4v) is 7.08. The number of rotatable bonds is 10. The van der Waals surface area contributed by atoms with Gasteiger partial charge in [-0.3, -0.25) is 19.4 Å². The molecule has 3 saturated carbocycles. The van der Waals surface area contributed by atoms with E-state index in [0.717, 1.165) is 30.6 Å². The molecule has 1 aromatic carbocycles. The van der Waals surface area contributed by atoms with Crippen LogP contribution in [0.3, 0.4) is 0 Å². The summed E-state index contributed by atoms with van der Waals surface area (Å²) in [6.45, 7) is 3.22. The molecule has 0 atom stereocenters. The molecule has 0 aliphatic heterocycles. The first-order valence-electron chi connectivity index (χ1n) is 15.2. The van der Waals surface area contributed by atoms with E-state index in [1.165, 1.54) is 25.0 Å². The fraction of sp³-hybridized carbons (Fsp3) is 0.625. The number of aliphatic imine (C=N–C) groups is 1. The van der Waals surface area contributed by atoms with Crippen molar-refractivity contribution in [1.29, 1.82) is 0 Å². The smallest absolute Gasteiger partial charge is 0.433 e. The zero-order valence-electron chi connectivity index (χ0n) is 25.2. The number of carbonyl (C=O) groups excluding carboxylic acids is 3. The Bertz CT molecular complexity index is 1290. The summed E-state index contributed by atoms with van der Waals surface area (Å²) in [5.74, 6) is -1.98. The van der Waals surface area contributed by atoms with Crippen molar-refractivity contribution < 1.29 is 32.3 Å². The summed E-state index contributed by atoms with van der Waals surface area (Å²) < 4.78 is 48.7. The van der Waals surface area contributed by atoms with Gasteiger partial charge >= 0.3 is 12.1 Å². The first-order chi connectivity index (χ1) is 20.7. The number of esters is 1. The highest BCUT2D eigenvalue weighted by molar-refractivity contribution is 6.40. The molecule has 0 saturated heterocycles. The van der Waals surface area contributed by atoms with Crippen LogP contribution >= 0.6 is 23.2 Å². The second-order valence-electron chi connectivity index (χ2n) is 12.7. The zero-order valence-corrected chi connectivity index (χ0v) is 26.7. The summed E-state index contributed by atoms with van der Waals surface area (Å²) in [6.07, 6.45) is 2.60. The third-order valence-electron chi connectivity index (χ3n) is 9.52. The predicted molar refractivity (Wildman–Crippen MR) is 164 cm³/mol. The van der Waals surface area contributed by atoms with Gasteiger partial charge in [0.05, 0.1) is 45.8 Å². The minimum Gasteiger partial charge on any atom is -0.466 e. The molecule has 0 bridgehead atoms. The molecular weight excluding hydrogens is 618 g/mol. The summed E-state index contributed by atoms with van der Waals surface area (Å²) in [6, 6.07) is 3.77. The highest BCUT2D eigenvalue weighted by Gasteiger charge is 2.47. The number of carbonyl (C=O) groups is 3. The van der Waals surface area contributed by atoms with Crippen LogP contribution in [0.2, 0.25) is 10.0 Å². The number of amides is 1. The zero-order chi connectivity index (χ0) is 32.3. The monoisotopic (exact) mass is 657 g/mol. The summed E-state index contributed by atoms with van der Waals surface area (Å²) in [7, 11) is 0. The summed E-state index contributed by atoms with van der Waals surface area (Å²) in [5.41, 5.74) is 3.08. The molecular formula is C32H40Cl2F3N3O4. The SMILES string of the molecule is CCOC(=O)C1(C)CCC(N=C(C(=CN)C(=O)N(CC(=O)c2c(Cl)cccc2Cl)CC2CCC3(CC2)CC3)C(F)(F)F)CC1. The summed E-state index contributed by atoms with van der Waals surface area (Å²) in [5, 5.41) is 0.171. The molecule has 44 heavy (non-hydrogen) atoms. The second kappa shape index (κ2) is 13.8. The quantitative estimate of drug-likeness (QED) is 0.123. The van der Waals surface area contributed by atoms with Gasteiger partial charge in [0.1, 0.15) is 0 Å². The van der Waals surface area contributed by atoms with Gasteiger partial charge in [0.2, 0.25) is 0 Å². The Kier molecular flexibility index (Phi) is 10.8. The van der Waals surface area contributed by atoms with Crippen molar-refractivity contribution >= 4 is 46.6 Å². The molecule has 242 valence electrons. The number of ketones is 1. The van der Waals surface area contributed by atoms with E-state index in [-0.39, 0.29) is 53.5 Å². The van der Waals surface area contributed by atoms with Gasteiger partial charge in [0, 0.05) is 12.7 Å². The van der Waals surface area contributed by atoms with Crippen LogP contribution in [-0.4, -0.2) is 60.2 Å². The van der Waals surface area contributed by atoms with E-state index < -0.39 is 47.2 Å². The molecule has 0 heterocycles. The number of hydrogen-bond acceptors (Lipinski definition) is 6. The van der Waals surface area contributed by atoms with Gasteiger partial charge in [-0.05, 0) is 102 Å². The van der Waals surface area contributed by atoms with Crippen LogP contribution in [0.4, 0.5) is 13.2 Å². The Morgan fingerprint density at radius 1 is 1.05 bits per heavy atom. The fourth-order valence-electron chi connectivity index (χ4n) is 6.47. The lowest BCUT2D eigenvalue weighted by Gasteiger charge is -2.35. The molecule has 3 aliphatic carbocycles. The first kappa shape index (κ1) is 34.3. The van der Waals surface area contributed by atoms with Crippen LogP contribution in [0.1, 0.15) is 88.4 Å². The van der Waals surface area contributed by atoms with Crippen LogP contribution in [0.25, 0.3) is 0 Å². The number of hydrogen-bond donors (Lipinski definition) is 1. The van der Waals surface area contributed by atoms with Gasteiger partial charge in [0.15, 0.2) is 11.5 Å². The number of Topliss-reactive ketones (excluding diaryl/α,β-unsaturated/α-hetero) is 1. The third kappa shape index (κ3) is 7.97. The third-order valence-corrected chi connectivity index (χ3v) is 10.2. The molecule has 0 radical (unpaired) electrons. The van der Waals surface area contributed by atoms with Gasteiger partial charge in [-0.1, -0.05) is 29.3 Å². The van der Waals surface area contributed by atoms with Crippen molar-refractivity contribution in [3.05, 3.63) is 45.6 Å². The molecule has 0 unspecified atom stereocenters. The molecule has 1 amide bonds. The molecule has 4 rings (SSSR count). The topological polar surface area (TPSA) is 102 Å². The van der Waals surface area contributed by atoms with Crippen molar-refractivity contribution in [3.63, 3.8) is 0 Å². The van der Waals surface area contributed by atoms with Crippen LogP contribution in [0.5, 0.6) is 0 Å². The number of ether oxygens (including phenoxy) is 1. The average Bonchev–Trinajstić information content (AvgIpc) is 3.73. The first-order valence-corrected chi connectivity index (χ1v) is 16.0. The van der Waals surface area contributed by atoms with E-state index in [1.54, 1.807) is 19.9 Å². The number of alkyl halides is 3. The lowest BCUT2D eigenvalue weighted by atomic mass is 9.74. The van der Waals surface area contributed by atoms with Crippen LogP contribution in [0.15, 0.2) is 35.0 Å². The number of benzene rings is 1. The average molecular weight is 659 g/mol. The maximum Gasteiger partial charge on any atom is 0.433 e. The lowest BCUT2D eigenvalue weighted by molar-refractivity contribution is -0.156. The van der Waals surface area contributed by atoms with Gasteiger partial charge in [0.25, 0.3) is 5.91 Å². The van der Waals surface area contributed by atoms with Crippen molar-refractivity contribution in [2.75, 3.05) is 19.7 Å². The van der Waals surface area contributed by atoms with Gasteiger partial charge < -0.3 is 15.4 Å². The molecule has 2 N–H and O–H groups in total. The maximum absolute atomic E-state index is 14.5. The van der Waals surface area contributed by atoms with Crippen LogP contribution in [0, 0.1) is 16.7 Å². The molecule has 3 aliphatic rings. The van der Waals surface area contributed by atoms with E-state index in [9.17, 15) is 27.6 Å². The Morgan fingerprint density at radius 3 is 2.14 bits per heavy atom. The standard InChI is InChI=1S/C32H40Cl2F3N3O4/c1-3-44-29(43)30(2)11-9-21(10-12-30)39-27(32(35,36)37)22(17-38)28(42)40(18-20-7-13-31(14-8-20)15-16-31)19-25(41)26-23(33)5-4-6-24(26)34/h4-6,17,20-21H,3,7-16,18-19,38H2,1-2H3. The van der Waals surface area contributed by atoms with E-state index in [1.807, 2.05) is 0 Å². The van der Waals surface area contributed by atoms with Crippen LogP contribution < -0.4 is 5.73 Å². The maximum atomic E-state index is 14.5. The molecule has 3 fully saturated rings. The minimum atomic E-state index is -4.99. The Hall–Kier alpha value is -2.59. The van der Waals surface area contributed by atoms with E-state index in [4.69, 9.17) is 33.7 Å². The normalized spacial score (nSPS) is 24.2. The number of halogens is 5. The second-order valence-corrected chi connectivity index (χ2v) is 13.5. The van der Waals surface area contributed by atoms with E-state index in [0.29, 0.717) is 24.5 Å². The van der Waals surface area contributed by atoms with Gasteiger partial charge in [-0.25, -0.2) is 0 Å². The highest BCUT2D eigenvalue weighted by atomic mass is 35.5. The van der Waals surface area contributed by atoms with Gasteiger partial charge in [-0.2, -0.15) is 13.2 Å². The molecule has 1 aromatic rings. The molecule has 1 spiro atoms. The predicted octanol–water partition coefficient (Wildman–Crippen LogP) is 7.33. The van der Waals surface area contributed by atoms with Crippen LogP contribution in [-0.2, 0) is 14.3 Å². The summed E-state index contributed by atoms with van der Waals surface area (Å²) >= 11 is 12.5. The van der Waals surface area contributed by atoms with Crippen molar-refractivity contribution in [2.45, 2.75) is 90.3 Å². The largest absolute Gasteiger partial charge is 0.466 e. The Balaban J connectivity index is 1.59. The number of nitrogens with zero attached hydrogens (tertiary/aromatic N) is 2. The van der Waals surface area contributed by atoms with Gasteiger partial charge in [-0.15, -0.1) is 0 Å². The molecule has 7 nitrogen and oxygen atoms in total. The summed E-state index contributed by atoms with van der Waals surface area (Å²) in [4.78, 5) is 44.9. The van der Waals surface area contributed by atoms with Crippen molar-refractivity contribution in [3.8, 4) is 0 Å². The Labute approximate surface area is 266 Å². The number of nitrogens with two attached hydrogens (primary N) is 1. The van der Waals surface area contributed by atoms with E-state index >= 15 is 0 Å². The highest BCUT2D eigenvalue weighted by Crippen LogP contribution is 2.57. The molecule has 0 aromatic heterocycles. The van der Waals surface area contributed by atoms with E-state index in [2.05, 4.69) is 4.99 Å². The Morgan fingerprint density at radius 2 is 1.64 bits per heavy atom. The minimum absolute atomic E-state index is 0.00375. The van der Waals surface area contributed by atoms with Crippen molar-refractivity contribution in [2.24, 2.45) is 27.5 Å².